The van der Waals surface area contributed by atoms with Crippen LogP contribution < -0.4 is 5.32 Å². The molecule has 28 heavy (non-hydrogen) atoms. The van der Waals surface area contributed by atoms with Gasteiger partial charge in [0.25, 0.3) is 0 Å². The van der Waals surface area contributed by atoms with E-state index in [4.69, 9.17) is 0 Å². The Labute approximate surface area is 162 Å². The largest absolute Gasteiger partial charge is 0.345 e. The minimum Gasteiger partial charge on any atom is -0.345 e. The fourth-order valence-electron chi connectivity index (χ4n) is 2.92. The van der Waals surface area contributed by atoms with E-state index in [1.165, 1.54) is 30.9 Å². The third-order valence-corrected chi connectivity index (χ3v) is 5.76. The van der Waals surface area contributed by atoms with E-state index in [0.29, 0.717) is 5.95 Å². The Balaban J connectivity index is 1.53. The maximum absolute atomic E-state index is 12.6. The summed E-state index contributed by atoms with van der Waals surface area (Å²) in [6.07, 6.45) is 10.8. The van der Waals surface area contributed by atoms with E-state index in [1.54, 1.807) is 24.5 Å². The van der Waals surface area contributed by atoms with E-state index < -0.39 is 9.84 Å². The summed E-state index contributed by atoms with van der Waals surface area (Å²) < 4.78 is 23.4. The number of rotatable bonds is 6. The van der Waals surface area contributed by atoms with Crippen LogP contribution in [0, 0.1) is 0 Å². The predicted molar refractivity (Wildman–Crippen MR) is 102 cm³/mol. The molecule has 0 radical (unpaired) electrons. The van der Waals surface area contributed by atoms with Gasteiger partial charge in [-0.3, -0.25) is 4.79 Å². The zero-order chi connectivity index (χ0) is 19.8. The second-order valence-electron chi connectivity index (χ2n) is 6.76. The number of nitrogens with zero attached hydrogens (tertiary/aromatic N) is 4. The van der Waals surface area contributed by atoms with Gasteiger partial charge in [-0.05, 0) is 25.0 Å². The van der Waals surface area contributed by atoms with Crippen LogP contribution in [-0.4, -0.2) is 40.4 Å². The van der Waals surface area contributed by atoms with E-state index in [0.717, 1.165) is 24.7 Å². The number of hydrogen-bond donors (Lipinski definition) is 1. The van der Waals surface area contributed by atoms with Gasteiger partial charge in [-0.2, -0.15) is 0 Å². The molecule has 9 heteroatoms. The number of hydrogen-bond acceptors (Lipinski definition) is 8. The highest BCUT2D eigenvalue weighted by molar-refractivity contribution is 7.90. The highest BCUT2D eigenvalue weighted by atomic mass is 32.2. The summed E-state index contributed by atoms with van der Waals surface area (Å²) in [7, 11) is -3.39. The zero-order valence-electron chi connectivity index (χ0n) is 15.0. The van der Waals surface area contributed by atoms with Crippen molar-refractivity contribution < 1.29 is 13.2 Å². The molecule has 3 aromatic rings. The van der Waals surface area contributed by atoms with Crippen LogP contribution in [0.3, 0.4) is 0 Å². The smallest absolute Gasteiger partial charge is 0.223 e. The van der Waals surface area contributed by atoms with Gasteiger partial charge in [-0.1, -0.05) is 12.1 Å². The first-order valence-electron chi connectivity index (χ1n) is 8.58. The van der Waals surface area contributed by atoms with Crippen molar-refractivity contribution in [2.75, 3.05) is 11.6 Å². The summed E-state index contributed by atoms with van der Waals surface area (Å²) in [5.74, 6) is 0.0671. The summed E-state index contributed by atoms with van der Waals surface area (Å²) in [6, 6.07) is 5.92. The molecule has 0 amide bonds. The number of ketones is 1. The molecule has 8 nitrogen and oxygen atoms in total. The topological polar surface area (TPSA) is 115 Å². The molecule has 0 aliphatic heterocycles. The highest BCUT2D eigenvalue weighted by Crippen LogP contribution is 2.47. The quantitative estimate of drug-likeness (QED) is 0.630. The molecule has 2 heterocycles. The normalized spacial score (nSPS) is 15.0. The molecule has 142 valence electrons. The number of carbonyl (C=O) groups is 1. The van der Waals surface area contributed by atoms with Crippen molar-refractivity contribution in [2.45, 2.75) is 23.3 Å². The van der Waals surface area contributed by atoms with Crippen molar-refractivity contribution in [2.24, 2.45) is 0 Å². The minimum absolute atomic E-state index is 0.0957. The molecule has 1 aliphatic carbocycles. The first kappa shape index (κ1) is 18.2. The van der Waals surface area contributed by atoms with E-state index >= 15 is 0 Å². The molecule has 1 saturated carbocycles. The zero-order valence-corrected chi connectivity index (χ0v) is 15.8. The van der Waals surface area contributed by atoms with Gasteiger partial charge in [-0.15, -0.1) is 0 Å². The predicted octanol–water partition coefficient (Wildman–Crippen LogP) is 2.00. The summed E-state index contributed by atoms with van der Waals surface area (Å²) >= 11 is 0. The molecule has 1 N–H and O–H groups in total. The molecule has 0 bridgehead atoms. The number of aromatic nitrogens is 4. The summed E-state index contributed by atoms with van der Waals surface area (Å²) in [6.45, 7) is 0. The van der Waals surface area contributed by atoms with Crippen LogP contribution in [0.2, 0.25) is 0 Å². The standard InChI is InChI=1S/C19H17N5O3S/c1-28(26,27)16-4-2-3-13(7-16)17(25)14-8-22-18(23-9-14)24-19(5-6-19)15-10-20-12-21-11-15/h2-4,7-12H,5-6H2,1H3,(H,22,23,24). The molecule has 1 fully saturated rings. The van der Waals surface area contributed by atoms with Crippen molar-refractivity contribution in [3.05, 3.63) is 72.1 Å². The summed E-state index contributed by atoms with van der Waals surface area (Å²) in [4.78, 5) is 29.3. The van der Waals surface area contributed by atoms with Crippen molar-refractivity contribution >= 4 is 21.6 Å². The lowest BCUT2D eigenvalue weighted by atomic mass is 10.1. The van der Waals surface area contributed by atoms with Gasteiger partial charge in [0.05, 0.1) is 16.0 Å². The van der Waals surface area contributed by atoms with Crippen LogP contribution in [0.25, 0.3) is 0 Å². The Bertz CT molecular complexity index is 1130. The number of benzene rings is 1. The van der Waals surface area contributed by atoms with E-state index in [1.807, 2.05) is 0 Å². The van der Waals surface area contributed by atoms with Crippen molar-refractivity contribution in [3.8, 4) is 0 Å². The van der Waals surface area contributed by atoms with Crippen molar-refractivity contribution in [1.29, 1.82) is 0 Å². The fraction of sp³-hybridized carbons (Fsp3) is 0.211. The molecule has 2 aromatic heterocycles. The monoisotopic (exact) mass is 395 g/mol. The van der Waals surface area contributed by atoms with Crippen LogP contribution in [0.1, 0.15) is 34.3 Å². The average molecular weight is 395 g/mol. The number of anilines is 1. The van der Waals surface area contributed by atoms with Gasteiger partial charge in [0.1, 0.15) is 6.33 Å². The van der Waals surface area contributed by atoms with E-state index in [2.05, 4.69) is 25.3 Å². The molecular weight excluding hydrogens is 378 g/mol. The third-order valence-electron chi connectivity index (χ3n) is 4.65. The van der Waals surface area contributed by atoms with Crippen LogP contribution >= 0.6 is 0 Å². The second kappa shape index (κ2) is 6.75. The van der Waals surface area contributed by atoms with Crippen LogP contribution in [0.15, 0.2) is 60.3 Å². The summed E-state index contributed by atoms with van der Waals surface area (Å²) in [5, 5.41) is 3.29. The Kier molecular flexibility index (Phi) is 4.38. The Morgan fingerprint density at radius 1 is 1.04 bits per heavy atom. The lowest BCUT2D eigenvalue weighted by Crippen LogP contribution is -2.21. The van der Waals surface area contributed by atoms with Crippen molar-refractivity contribution in [1.82, 2.24) is 19.9 Å². The van der Waals surface area contributed by atoms with Crippen LogP contribution in [0.5, 0.6) is 0 Å². The Morgan fingerprint density at radius 2 is 1.71 bits per heavy atom. The molecule has 0 atom stereocenters. The lowest BCUT2D eigenvalue weighted by Gasteiger charge is -2.16. The average Bonchev–Trinajstić information content (AvgIpc) is 3.49. The van der Waals surface area contributed by atoms with Gasteiger partial charge in [0.2, 0.25) is 5.95 Å². The lowest BCUT2D eigenvalue weighted by molar-refractivity contribution is 0.103. The first-order chi connectivity index (χ1) is 13.4. The van der Waals surface area contributed by atoms with Crippen molar-refractivity contribution in [3.63, 3.8) is 0 Å². The van der Waals surface area contributed by atoms with Crippen LogP contribution in [-0.2, 0) is 15.4 Å². The van der Waals surface area contributed by atoms with E-state index in [9.17, 15) is 13.2 Å². The van der Waals surface area contributed by atoms with Gasteiger partial charge in [-0.25, -0.2) is 28.4 Å². The fourth-order valence-corrected chi connectivity index (χ4v) is 3.58. The summed E-state index contributed by atoms with van der Waals surface area (Å²) in [5.41, 5.74) is 1.25. The van der Waals surface area contributed by atoms with E-state index in [-0.39, 0.29) is 27.3 Å². The second-order valence-corrected chi connectivity index (χ2v) is 8.77. The molecule has 0 spiro atoms. The van der Waals surface area contributed by atoms with Gasteiger partial charge in [0, 0.05) is 42.2 Å². The number of carbonyl (C=O) groups excluding carboxylic acids is 1. The first-order valence-corrected chi connectivity index (χ1v) is 10.5. The van der Waals surface area contributed by atoms with Gasteiger partial charge >= 0.3 is 0 Å². The molecule has 1 aromatic carbocycles. The molecule has 4 rings (SSSR count). The SMILES string of the molecule is CS(=O)(=O)c1cccc(C(=O)c2cnc(NC3(c4cncnc4)CC3)nc2)c1. The minimum atomic E-state index is -3.39. The van der Waals surface area contributed by atoms with Gasteiger partial charge in [0.15, 0.2) is 15.6 Å². The number of sulfone groups is 1. The maximum Gasteiger partial charge on any atom is 0.223 e. The molecular formula is C19H17N5O3S. The molecule has 1 aliphatic rings. The highest BCUT2D eigenvalue weighted by Gasteiger charge is 2.45. The number of nitrogens with one attached hydrogen (secondary N) is 1. The maximum atomic E-state index is 12.6. The Hall–Kier alpha value is -3.20. The Morgan fingerprint density at radius 3 is 2.32 bits per heavy atom. The molecule has 0 unspecified atom stereocenters. The third kappa shape index (κ3) is 3.61. The molecule has 0 saturated heterocycles. The van der Waals surface area contributed by atoms with Gasteiger partial charge < -0.3 is 5.32 Å². The van der Waals surface area contributed by atoms with Crippen LogP contribution in [0.4, 0.5) is 5.95 Å².